The Kier molecular flexibility index (Phi) is 6.63. The minimum atomic E-state index is 0.417. The van der Waals surface area contributed by atoms with Crippen LogP contribution in [0.3, 0.4) is 0 Å². The van der Waals surface area contributed by atoms with Crippen LogP contribution in [-0.2, 0) is 11.3 Å². The molecule has 2 nitrogen and oxygen atoms in total. The Bertz CT molecular complexity index is 311. The predicted octanol–water partition coefficient (Wildman–Crippen LogP) is 3.17. The van der Waals surface area contributed by atoms with Gasteiger partial charge >= 0.3 is 0 Å². The third-order valence-electron chi connectivity index (χ3n) is 2.88. The van der Waals surface area contributed by atoms with Crippen molar-refractivity contribution in [2.45, 2.75) is 31.3 Å². The minimum Gasteiger partial charge on any atom is -0.383 e. The van der Waals surface area contributed by atoms with Crippen molar-refractivity contribution in [1.82, 2.24) is 5.32 Å². The van der Waals surface area contributed by atoms with E-state index in [1.54, 1.807) is 18.9 Å². The van der Waals surface area contributed by atoms with Crippen LogP contribution in [0.1, 0.15) is 19.4 Å². The molecule has 1 rings (SSSR count). The van der Waals surface area contributed by atoms with Gasteiger partial charge in [-0.25, -0.2) is 0 Å². The van der Waals surface area contributed by atoms with Gasteiger partial charge in [0.2, 0.25) is 0 Å². The summed E-state index contributed by atoms with van der Waals surface area (Å²) in [6.45, 7) is 6.10. The highest BCUT2D eigenvalue weighted by molar-refractivity contribution is 7.98. The van der Waals surface area contributed by atoms with Crippen LogP contribution in [-0.4, -0.2) is 26.0 Å². The van der Waals surface area contributed by atoms with Gasteiger partial charge in [-0.2, -0.15) is 0 Å². The lowest BCUT2D eigenvalue weighted by molar-refractivity contribution is 0.146. The van der Waals surface area contributed by atoms with Crippen molar-refractivity contribution >= 4 is 11.8 Å². The highest BCUT2D eigenvalue weighted by atomic mass is 32.2. The Morgan fingerprint density at radius 2 is 1.88 bits per heavy atom. The molecule has 0 radical (unpaired) electrons. The summed E-state index contributed by atoms with van der Waals surface area (Å²) in [5.41, 5.74) is 1.32. The van der Waals surface area contributed by atoms with Gasteiger partial charge in [-0.1, -0.05) is 26.0 Å². The zero-order valence-corrected chi connectivity index (χ0v) is 12.0. The molecule has 1 N–H and O–H groups in total. The van der Waals surface area contributed by atoms with Gasteiger partial charge in [0, 0.05) is 24.6 Å². The SMILES string of the molecule is COCC(NCc1ccc(SC)cc1)C(C)C. The Morgan fingerprint density at radius 1 is 1.24 bits per heavy atom. The van der Waals surface area contributed by atoms with E-state index in [1.807, 2.05) is 0 Å². The number of benzene rings is 1. The molecule has 1 aromatic carbocycles. The van der Waals surface area contributed by atoms with E-state index in [-0.39, 0.29) is 0 Å². The van der Waals surface area contributed by atoms with Crippen LogP contribution in [0.2, 0.25) is 0 Å². The smallest absolute Gasteiger partial charge is 0.0618 e. The average Bonchev–Trinajstić information content (AvgIpc) is 2.34. The van der Waals surface area contributed by atoms with E-state index in [0.717, 1.165) is 13.2 Å². The molecule has 0 heterocycles. The van der Waals surface area contributed by atoms with Crippen LogP contribution in [0.25, 0.3) is 0 Å². The highest BCUT2D eigenvalue weighted by Crippen LogP contribution is 2.15. The summed E-state index contributed by atoms with van der Waals surface area (Å²) < 4.78 is 5.22. The Morgan fingerprint density at radius 3 is 2.35 bits per heavy atom. The fraction of sp³-hybridized carbons (Fsp3) is 0.571. The fourth-order valence-electron chi connectivity index (χ4n) is 1.66. The molecule has 0 spiro atoms. The molecule has 17 heavy (non-hydrogen) atoms. The molecule has 0 aliphatic rings. The van der Waals surface area contributed by atoms with Crippen molar-refractivity contribution < 1.29 is 4.74 Å². The molecule has 0 saturated heterocycles. The van der Waals surface area contributed by atoms with Crippen molar-refractivity contribution in [3.8, 4) is 0 Å². The maximum absolute atomic E-state index is 5.22. The van der Waals surface area contributed by atoms with Crippen molar-refractivity contribution in [2.75, 3.05) is 20.0 Å². The molecule has 1 unspecified atom stereocenters. The molecule has 0 aliphatic carbocycles. The van der Waals surface area contributed by atoms with Gasteiger partial charge in [-0.3, -0.25) is 0 Å². The van der Waals surface area contributed by atoms with Gasteiger partial charge in [0.25, 0.3) is 0 Å². The largest absolute Gasteiger partial charge is 0.383 e. The Balaban J connectivity index is 2.47. The van der Waals surface area contributed by atoms with Gasteiger partial charge in [-0.05, 0) is 29.9 Å². The number of methoxy groups -OCH3 is 1. The molecule has 0 aliphatic heterocycles. The van der Waals surface area contributed by atoms with Crippen LogP contribution in [0.5, 0.6) is 0 Å². The summed E-state index contributed by atoms with van der Waals surface area (Å²) in [6.07, 6.45) is 2.10. The maximum Gasteiger partial charge on any atom is 0.0618 e. The summed E-state index contributed by atoms with van der Waals surface area (Å²) in [5.74, 6) is 0.584. The summed E-state index contributed by atoms with van der Waals surface area (Å²) in [5, 5.41) is 3.54. The predicted molar refractivity (Wildman–Crippen MR) is 75.6 cm³/mol. The van der Waals surface area contributed by atoms with Crippen LogP contribution >= 0.6 is 11.8 Å². The minimum absolute atomic E-state index is 0.417. The van der Waals surface area contributed by atoms with Gasteiger partial charge in [0.15, 0.2) is 0 Å². The maximum atomic E-state index is 5.22. The quantitative estimate of drug-likeness (QED) is 0.754. The molecule has 0 aromatic heterocycles. The first-order valence-corrected chi connectivity index (χ1v) is 7.25. The number of hydrogen-bond acceptors (Lipinski definition) is 3. The monoisotopic (exact) mass is 253 g/mol. The standard InChI is InChI=1S/C14H23NOS/c1-11(2)14(10-16-3)15-9-12-5-7-13(17-4)8-6-12/h5-8,11,14-15H,9-10H2,1-4H3. The van der Waals surface area contributed by atoms with Crippen LogP contribution in [0.15, 0.2) is 29.2 Å². The summed E-state index contributed by atoms with van der Waals surface area (Å²) in [6, 6.07) is 9.12. The third kappa shape index (κ3) is 5.11. The molecular formula is C14H23NOS. The number of ether oxygens (including phenoxy) is 1. The lowest BCUT2D eigenvalue weighted by Gasteiger charge is -2.21. The lowest BCUT2D eigenvalue weighted by Crippen LogP contribution is -2.37. The van der Waals surface area contributed by atoms with E-state index in [0.29, 0.717) is 12.0 Å². The van der Waals surface area contributed by atoms with Gasteiger partial charge in [0.1, 0.15) is 0 Å². The summed E-state index contributed by atoms with van der Waals surface area (Å²) in [4.78, 5) is 1.31. The van der Waals surface area contributed by atoms with Crippen LogP contribution < -0.4 is 5.32 Å². The van der Waals surface area contributed by atoms with E-state index >= 15 is 0 Å². The van der Waals surface area contributed by atoms with E-state index in [2.05, 4.69) is 49.7 Å². The molecule has 1 aromatic rings. The number of rotatable bonds is 7. The first-order valence-electron chi connectivity index (χ1n) is 6.02. The van der Waals surface area contributed by atoms with Gasteiger partial charge in [0.05, 0.1) is 6.61 Å². The molecular weight excluding hydrogens is 230 g/mol. The van der Waals surface area contributed by atoms with E-state index in [9.17, 15) is 0 Å². The van der Waals surface area contributed by atoms with Crippen LogP contribution in [0.4, 0.5) is 0 Å². The van der Waals surface area contributed by atoms with Crippen LogP contribution in [0, 0.1) is 5.92 Å². The molecule has 0 amide bonds. The topological polar surface area (TPSA) is 21.3 Å². The van der Waals surface area contributed by atoms with Crippen molar-refractivity contribution in [3.63, 3.8) is 0 Å². The van der Waals surface area contributed by atoms with E-state index < -0.39 is 0 Å². The second-order valence-corrected chi connectivity index (χ2v) is 5.41. The van der Waals surface area contributed by atoms with E-state index in [1.165, 1.54) is 10.5 Å². The third-order valence-corrected chi connectivity index (χ3v) is 3.62. The zero-order chi connectivity index (χ0) is 12.7. The first-order chi connectivity index (χ1) is 8.17. The second-order valence-electron chi connectivity index (χ2n) is 4.53. The molecule has 0 saturated carbocycles. The van der Waals surface area contributed by atoms with Crippen molar-refractivity contribution in [2.24, 2.45) is 5.92 Å². The summed E-state index contributed by atoms with van der Waals surface area (Å²) >= 11 is 1.77. The number of nitrogens with one attached hydrogen (secondary N) is 1. The molecule has 1 atom stereocenters. The van der Waals surface area contributed by atoms with E-state index in [4.69, 9.17) is 4.74 Å². The Hall–Kier alpha value is -0.510. The Labute approximate surface area is 109 Å². The highest BCUT2D eigenvalue weighted by Gasteiger charge is 2.11. The first kappa shape index (κ1) is 14.6. The van der Waals surface area contributed by atoms with Crippen molar-refractivity contribution in [3.05, 3.63) is 29.8 Å². The summed E-state index contributed by atoms with van der Waals surface area (Å²) in [7, 11) is 1.75. The van der Waals surface area contributed by atoms with Crippen molar-refractivity contribution in [1.29, 1.82) is 0 Å². The van der Waals surface area contributed by atoms with Gasteiger partial charge in [-0.15, -0.1) is 11.8 Å². The zero-order valence-electron chi connectivity index (χ0n) is 11.2. The molecule has 0 fully saturated rings. The molecule has 96 valence electrons. The fourth-order valence-corrected chi connectivity index (χ4v) is 2.07. The molecule has 3 heteroatoms. The van der Waals surface area contributed by atoms with Gasteiger partial charge < -0.3 is 10.1 Å². The lowest BCUT2D eigenvalue weighted by atomic mass is 10.1. The number of thioether (sulfide) groups is 1. The number of hydrogen-bond donors (Lipinski definition) is 1. The molecule has 0 bridgehead atoms. The average molecular weight is 253 g/mol. The second kappa shape index (κ2) is 7.75. The normalized spacial score (nSPS) is 13.0.